The van der Waals surface area contributed by atoms with Gasteiger partial charge in [-0.3, -0.25) is 0 Å². The maximum Gasteiger partial charge on any atom is 0.0415 e. The number of rotatable bonds is 4. The highest BCUT2D eigenvalue weighted by molar-refractivity contribution is 6.30. The van der Waals surface area contributed by atoms with Crippen LogP contribution in [0.3, 0.4) is 0 Å². The van der Waals surface area contributed by atoms with E-state index in [2.05, 4.69) is 55.1 Å². The summed E-state index contributed by atoms with van der Waals surface area (Å²) < 4.78 is 0. The molecule has 1 unspecified atom stereocenters. The number of hydrogen-bond donors (Lipinski definition) is 1. The molecule has 1 aliphatic heterocycles. The highest BCUT2D eigenvalue weighted by Crippen LogP contribution is 2.27. The second kappa shape index (κ2) is 7.48. The third-order valence-corrected chi connectivity index (χ3v) is 4.33. The Hall–Kier alpha value is -0.770. The van der Waals surface area contributed by atoms with E-state index in [1.807, 2.05) is 6.07 Å². The zero-order valence-electron chi connectivity index (χ0n) is 13.7. The molecule has 0 radical (unpaired) electrons. The van der Waals surface area contributed by atoms with Crippen LogP contribution in [0, 0.1) is 0 Å². The highest BCUT2D eigenvalue weighted by Gasteiger charge is 2.21. The minimum atomic E-state index is 0.476. The molecule has 21 heavy (non-hydrogen) atoms. The van der Waals surface area contributed by atoms with E-state index < -0.39 is 0 Å². The van der Waals surface area contributed by atoms with Gasteiger partial charge in [0.05, 0.1) is 0 Å². The first-order chi connectivity index (χ1) is 9.97. The summed E-state index contributed by atoms with van der Waals surface area (Å²) in [6, 6.07) is 7.30. The Balaban J connectivity index is 2.24. The Kier molecular flexibility index (Phi) is 5.91. The van der Waals surface area contributed by atoms with Crippen molar-refractivity contribution in [3.8, 4) is 0 Å². The van der Waals surface area contributed by atoms with E-state index in [4.69, 9.17) is 11.6 Å². The molecule has 1 saturated heterocycles. The van der Waals surface area contributed by atoms with E-state index >= 15 is 0 Å². The van der Waals surface area contributed by atoms with Crippen LogP contribution < -0.4 is 10.2 Å². The molecule has 1 atom stereocenters. The van der Waals surface area contributed by atoms with E-state index in [-0.39, 0.29) is 0 Å². The van der Waals surface area contributed by atoms with Crippen molar-refractivity contribution in [1.82, 2.24) is 10.2 Å². The van der Waals surface area contributed by atoms with E-state index in [9.17, 15) is 0 Å². The van der Waals surface area contributed by atoms with Gasteiger partial charge in [-0.05, 0) is 50.7 Å². The fourth-order valence-electron chi connectivity index (χ4n) is 3.02. The van der Waals surface area contributed by atoms with Gasteiger partial charge in [0.2, 0.25) is 0 Å². The second-order valence-corrected chi connectivity index (χ2v) is 6.90. The first kappa shape index (κ1) is 16.6. The highest BCUT2D eigenvalue weighted by atomic mass is 35.5. The standard InChI is InChI=1S/C17H28ClN3/c1-13(2)19-11-15-10-16(18)6-7-17(15)21-9-5-8-20(4)12-14(21)3/h6-7,10,13-14,19H,5,8-9,11-12H2,1-4H3. The van der Waals surface area contributed by atoms with Crippen LogP contribution in [0.5, 0.6) is 0 Å². The number of nitrogens with zero attached hydrogens (tertiary/aromatic N) is 2. The van der Waals surface area contributed by atoms with Crippen LogP contribution in [-0.2, 0) is 6.54 Å². The smallest absolute Gasteiger partial charge is 0.0415 e. The molecule has 0 aliphatic carbocycles. The molecule has 1 aromatic rings. The minimum Gasteiger partial charge on any atom is -0.367 e. The summed E-state index contributed by atoms with van der Waals surface area (Å²) in [4.78, 5) is 4.96. The first-order valence-electron chi connectivity index (χ1n) is 7.94. The van der Waals surface area contributed by atoms with Crippen molar-refractivity contribution in [3.63, 3.8) is 0 Å². The summed E-state index contributed by atoms with van der Waals surface area (Å²) in [6.45, 7) is 10.9. The van der Waals surface area contributed by atoms with Gasteiger partial charge in [0.15, 0.2) is 0 Å². The number of benzene rings is 1. The molecule has 0 bridgehead atoms. The Labute approximate surface area is 134 Å². The van der Waals surface area contributed by atoms with Crippen LogP contribution in [0.15, 0.2) is 18.2 Å². The van der Waals surface area contributed by atoms with Crippen molar-refractivity contribution in [2.75, 3.05) is 31.6 Å². The van der Waals surface area contributed by atoms with Crippen LogP contribution in [-0.4, -0.2) is 43.7 Å². The number of likely N-dealkylation sites (N-methyl/N-ethyl adjacent to an activating group) is 1. The van der Waals surface area contributed by atoms with Crippen LogP contribution in [0.25, 0.3) is 0 Å². The van der Waals surface area contributed by atoms with Gasteiger partial charge in [0.25, 0.3) is 0 Å². The van der Waals surface area contributed by atoms with Crippen molar-refractivity contribution in [1.29, 1.82) is 0 Å². The minimum absolute atomic E-state index is 0.476. The van der Waals surface area contributed by atoms with Gasteiger partial charge < -0.3 is 15.1 Å². The second-order valence-electron chi connectivity index (χ2n) is 6.47. The molecular weight excluding hydrogens is 282 g/mol. The van der Waals surface area contributed by atoms with Crippen molar-refractivity contribution in [2.24, 2.45) is 0 Å². The van der Waals surface area contributed by atoms with Gasteiger partial charge in [-0.1, -0.05) is 25.4 Å². The van der Waals surface area contributed by atoms with Crippen molar-refractivity contribution < 1.29 is 0 Å². The quantitative estimate of drug-likeness (QED) is 0.920. The summed E-state index contributed by atoms with van der Waals surface area (Å²) in [6.07, 6.45) is 1.21. The largest absolute Gasteiger partial charge is 0.367 e. The number of anilines is 1. The van der Waals surface area contributed by atoms with Gasteiger partial charge in [0, 0.05) is 42.4 Å². The van der Waals surface area contributed by atoms with Gasteiger partial charge in [0.1, 0.15) is 0 Å². The summed E-state index contributed by atoms with van der Waals surface area (Å²) in [7, 11) is 2.21. The lowest BCUT2D eigenvalue weighted by atomic mass is 10.1. The Morgan fingerprint density at radius 3 is 2.81 bits per heavy atom. The van der Waals surface area contributed by atoms with E-state index in [0.717, 1.165) is 24.7 Å². The maximum absolute atomic E-state index is 6.21. The van der Waals surface area contributed by atoms with E-state index in [0.29, 0.717) is 12.1 Å². The fraction of sp³-hybridized carbons (Fsp3) is 0.647. The molecule has 0 amide bonds. The van der Waals surface area contributed by atoms with Crippen LogP contribution in [0.4, 0.5) is 5.69 Å². The Morgan fingerprint density at radius 2 is 2.10 bits per heavy atom. The van der Waals surface area contributed by atoms with Gasteiger partial charge in [-0.25, -0.2) is 0 Å². The van der Waals surface area contributed by atoms with Gasteiger partial charge in [-0.15, -0.1) is 0 Å². The lowest BCUT2D eigenvalue weighted by Gasteiger charge is -2.32. The topological polar surface area (TPSA) is 18.5 Å². The predicted octanol–water partition coefficient (Wildman–Crippen LogP) is 3.37. The molecule has 0 aromatic heterocycles. The molecule has 2 rings (SSSR count). The third kappa shape index (κ3) is 4.60. The molecule has 3 nitrogen and oxygen atoms in total. The van der Waals surface area contributed by atoms with Crippen molar-refractivity contribution in [2.45, 2.75) is 45.8 Å². The Morgan fingerprint density at radius 1 is 1.33 bits per heavy atom. The van der Waals surface area contributed by atoms with E-state index in [1.165, 1.54) is 24.2 Å². The third-order valence-electron chi connectivity index (χ3n) is 4.10. The van der Waals surface area contributed by atoms with Crippen molar-refractivity contribution in [3.05, 3.63) is 28.8 Å². The zero-order valence-corrected chi connectivity index (χ0v) is 14.5. The SMILES string of the molecule is CC(C)NCc1cc(Cl)ccc1N1CCCN(C)CC1C. The summed E-state index contributed by atoms with van der Waals surface area (Å²) in [5.41, 5.74) is 2.63. The van der Waals surface area contributed by atoms with Crippen molar-refractivity contribution >= 4 is 17.3 Å². The number of nitrogens with one attached hydrogen (secondary N) is 1. The fourth-order valence-corrected chi connectivity index (χ4v) is 3.21. The number of hydrogen-bond acceptors (Lipinski definition) is 3. The molecule has 0 saturated carbocycles. The molecule has 1 heterocycles. The summed E-state index contributed by atoms with van der Waals surface area (Å²) in [5.74, 6) is 0. The van der Waals surface area contributed by atoms with Crippen LogP contribution in [0.2, 0.25) is 5.02 Å². The average molecular weight is 310 g/mol. The first-order valence-corrected chi connectivity index (χ1v) is 8.32. The van der Waals surface area contributed by atoms with Crippen LogP contribution >= 0.6 is 11.6 Å². The molecule has 4 heteroatoms. The monoisotopic (exact) mass is 309 g/mol. The normalized spacial score (nSPS) is 20.9. The van der Waals surface area contributed by atoms with Gasteiger partial charge in [-0.2, -0.15) is 0 Å². The maximum atomic E-state index is 6.21. The molecule has 1 aromatic carbocycles. The van der Waals surface area contributed by atoms with E-state index in [1.54, 1.807) is 0 Å². The Bertz CT molecular complexity index is 461. The molecule has 1 fully saturated rings. The molecule has 1 N–H and O–H groups in total. The predicted molar refractivity (Wildman–Crippen MR) is 92.3 cm³/mol. The number of halogens is 1. The van der Waals surface area contributed by atoms with Crippen LogP contribution in [0.1, 0.15) is 32.8 Å². The lowest BCUT2D eigenvalue weighted by Crippen LogP contribution is -2.38. The zero-order chi connectivity index (χ0) is 15.4. The molecule has 0 spiro atoms. The summed E-state index contributed by atoms with van der Waals surface area (Å²) in [5, 5.41) is 4.33. The lowest BCUT2D eigenvalue weighted by molar-refractivity contribution is 0.337. The summed E-state index contributed by atoms with van der Waals surface area (Å²) >= 11 is 6.21. The van der Waals surface area contributed by atoms with Gasteiger partial charge >= 0.3 is 0 Å². The molecule has 1 aliphatic rings. The average Bonchev–Trinajstić information content (AvgIpc) is 2.57. The molecular formula is C17H28ClN3. The molecule has 118 valence electrons.